The van der Waals surface area contributed by atoms with Gasteiger partial charge in [-0.15, -0.1) is 11.8 Å². The summed E-state index contributed by atoms with van der Waals surface area (Å²) in [6, 6.07) is 14.3. The van der Waals surface area contributed by atoms with Crippen molar-refractivity contribution in [2.24, 2.45) is 0 Å². The van der Waals surface area contributed by atoms with Crippen LogP contribution in [-0.4, -0.2) is 37.0 Å². The number of carbonyl (C=O) groups excluding carboxylic acids is 1. The maximum absolute atomic E-state index is 12.3. The van der Waals surface area contributed by atoms with Crippen molar-refractivity contribution in [1.82, 2.24) is 5.32 Å². The second kappa shape index (κ2) is 10.5. The zero-order chi connectivity index (χ0) is 19.6. The Balaban J connectivity index is 2.01. The van der Waals surface area contributed by atoms with E-state index in [1.807, 2.05) is 30.3 Å². The van der Waals surface area contributed by atoms with Crippen LogP contribution in [0.5, 0.6) is 11.5 Å². The highest BCUT2D eigenvalue weighted by Gasteiger charge is 2.20. The highest BCUT2D eigenvalue weighted by atomic mass is 32.2. The van der Waals surface area contributed by atoms with E-state index in [0.29, 0.717) is 29.2 Å². The number of methoxy groups -OCH3 is 2. The quantitative estimate of drug-likeness (QED) is 0.605. The van der Waals surface area contributed by atoms with E-state index >= 15 is 0 Å². The number of hydrogen-bond donors (Lipinski definition) is 2. The van der Waals surface area contributed by atoms with Crippen LogP contribution in [-0.2, 0) is 9.59 Å². The lowest BCUT2D eigenvalue weighted by Gasteiger charge is -2.19. The van der Waals surface area contributed by atoms with Crippen LogP contribution in [0.3, 0.4) is 0 Å². The van der Waals surface area contributed by atoms with Crippen molar-refractivity contribution in [1.29, 1.82) is 0 Å². The number of carboxylic acid groups (broad SMARTS) is 1. The Morgan fingerprint density at radius 1 is 1.07 bits per heavy atom. The standard InChI is InChI=1S/C20H23NO5S/c1-25-17-9-8-14(12-18(17)26-2)16(13-20(23)24)21-19(22)10-11-27-15-6-4-3-5-7-15/h3-9,12,16H,10-11,13H2,1-2H3,(H,21,22)(H,23,24). The maximum Gasteiger partial charge on any atom is 0.305 e. The molecule has 0 heterocycles. The van der Waals surface area contributed by atoms with Crippen LogP contribution in [0.2, 0.25) is 0 Å². The Labute approximate surface area is 162 Å². The van der Waals surface area contributed by atoms with Crippen LogP contribution in [0.4, 0.5) is 0 Å². The zero-order valence-corrected chi connectivity index (χ0v) is 16.1. The first kappa shape index (κ1) is 20.6. The Morgan fingerprint density at radius 3 is 2.41 bits per heavy atom. The van der Waals surface area contributed by atoms with Crippen LogP contribution < -0.4 is 14.8 Å². The summed E-state index contributed by atoms with van der Waals surface area (Å²) in [6.45, 7) is 0. The van der Waals surface area contributed by atoms with Gasteiger partial charge in [-0.3, -0.25) is 9.59 Å². The molecule has 1 atom stereocenters. The van der Waals surface area contributed by atoms with Crippen LogP contribution in [0.15, 0.2) is 53.4 Å². The molecule has 0 aliphatic heterocycles. The molecule has 27 heavy (non-hydrogen) atoms. The number of carbonyl (C=O) groups is 2. The molecular formula is C20H23NO5S. The number of ether oxygens (including phenoxy) is 2. The number of rotatable bonds is 10. The van der Waals surface area contributed by atoms with E-state index < -0.39 is 12.0 Å². The van der Waals surface area contributed by atoms with Gasteiger partial charge in [0, 0.05) is 17.1 Å². The van der Waals surface area contributed by atoms with E-state index in [1.165, 1.54) is 14.2 Å². The fourth-order valence-electron chi connectivity index (χ4n) is 2.54. The molecule has 0 aromatic heterocycles. The van der Waals surface area contributed by atoms with Crippen LogP contribution in [0.1, 0.15) is 24.4 Å². The average molecular weight is 389 g/mol. The van der Waals surface area contributed by atoms with Crippen molar-refractivity contribution in [3.05, 3.63) is 54.1 Å². The number of thioether (sulfide) groups is 1. The molecule has 0 fully saturated rings. The number of aliphatic carboxylic acids is 1. The number of amides is 1. The SMILES string of the molecule is COc1ccc(C(CC(=O)O)NC(=O)CCSc2ccccc2)cc1OC. The van der Waals surface area contributed by atoms with Crippen molar-refractivity contribution >= 4 is 23.6 Å². The van der Waals surface area contributed by atoms with Crippen molar-refractivity contribution in [3.8, 4) is 11.5 Å². The summed E-state index contributed by atoms with van der Waals surface area (Å²) in [5, 5.41) is 12.0. The molecule has 0 saturated heterocycles. The van der Waals surface area contributed by atoms with E-state index in [1.54, 1.807) is 30.0 Å². The first-order valence-electron chi connectivity index (χ1n) is 8.44. The molecule has 7 heteroatoms. The molecule has 0 aliphatic rings. The topological polar surface area (TPSA) is 84.9 Å². The highest BCUT2D eigenvalue weighted by molar-refractivity contribution is 7.99. The maximum atomic E-state index is 12.3. The lowest BCUT2D eigenvalue weighted by molar-refractivity contribution is -0.137. The monoisotopic (exact) mass is 389 g/mol. The van der Waals surface area contributed by atoms with E-state index in [2.05, 4.69) is 5.32 Å². The normalized spacial score (nSPS) is 11.5. The fourth-order valence-corrected chi connectivity index (χ4v) is 3.41. The third-order valence-corrected chi connectivity index (χ3v) is 4.88. The van der Waals surface area contributed by atoms with Gasteiger partial charge in [0.15, 0.2) is 11.5 Å². The van der Waals surface area contributed by atoms with Gasteiger partial charge in [-0.05, 0) is 29.8 Å². The summed E-state index contributed by atoms with van der Waals surface area (Å²) in [6.07, 6.45) is 0.0794. The molecule has 0 spiro atoms. The van der Waals surface area contributed by atoms with Crippen molar-refractivity contribution in [2.75, 3.05) is 20.0 Å². The molecule has 0 saturated carbocycles. The number of benzene rings is 2. The van der Waals surface area contributed by atoms with Crippen molar-refractivity contribution < 1.29 is 24.2 Å². The van der Waals surface area contributed by atoms with Gasteiger partial charge in [-0.25, -0.2) is 0 Å². The molecule has 0 bridgehead atoms. The van der Waals surface area contributed by atoms with Crippen LogP contribution in [0.25, 0.3) is 0 Å². The first-order chi connectivity index (χ1) is 13.0. The van der Waals surface area contributed by atoms with Gasteiger partial charge in [0.25, 0.3) is 0 Å². The molecular weight excluding hydrogens is 366 g/mol. The van der Waals surface area contributed by atoms with Crippen LogP contribution >= 0.6 is 11.8 Å². The number of nitrogens with one attached hydrogen (secondary N) is 1. The molecule has 144 valence electrons. The molecule has 0 aliphatic carbocycles. The summed E-state index contributed by atoms with van der Waals surface area (Å²) in [4.78, 5) is 24.6. The second-order valence-electron chi connectivity index (χ2n) is 5.74. The third-order valence-electron chi connectivity index (χ3n) is 3.86. The van der Waals surface area contributed by atoms with Gasteiger partial charge in [0.05, 0.1) is 26.7 Å². The third kappa shape index (κ3) is 6.53. The predicted molar refractivity (Wildman–Crippen MR) is 104 cm³/mol. The molecule has 2 aromatic rings. The van der Waals surface area contributed by atoms with Gasteiger partial charge < -0.3 is 19.9 Å². The lowest BCUT2D eigenvalue weighted by Crippen LogP contribution is -2.30. The van der Waals surface area contributed by atoms with Gasteiger partial charge in [0.1, 0.15) is 0 Å². The minimum absolute atomic E-state index is 0.195. The summed E-state index contributed by atoms with van der Waals surface area (Å²) in [5.41, 5.74) is 0.652. The lowest BCUT2D eigenvalue weighted by atomic mass is 10.0. The summed E-state index contributed by atoms with van der Waals surface area (Å²) >= 11 is 1.58. The highest BCUT2D eigenvalue weighted by Crippen LogP contribution is 2.31. The largest absolute Gasteiger partial charge is 0.493 e. The zero-order valence-electron chi connectivity index (χ0n) is 15.3. The molecule has 0 radical (unpaired) electrons. The second-order valence-corrected chi connectivity index (χ2v) is 6.91. The smallest absolute Gasteiger partial charge is 0.305 e. The Bertz CT molecular complexity index is 766. The molecule has 6 nitrogen and oxygen atoms in total. The number of hydrogen-bond acceptors (Lipinski definition) is 5. The molecule has 2 rings (SSSR count). The predicted octanol–water partition coefficient (Wildman–Crippen LogP) is 3.52. The van der Waals surface area contributed by atoms with Crippen LogP contribution in [0, 0.1) is 0 Å². The van der Waals surface area contributed by atoms with Crippen molar-refractivity contribution in [2.45, 2.75) is 23.8 Å². The Hall–Kier alpha value is -2.67. The van der Waals surface area contributed by atoms with Gasteiger partial charge in [-0.1, -0.05) is 24.3 Å². The molecule has 2 aromatic carbocycles. The molecule has 1 amide bonds. The minimum atomic E-state index is -0.992. The molecule has 1 unspecified atom stereocenters. The summed E-state index contributed by atoms with van der Waals surface area (Å²) in [5.74, 6) is 0.454. The summed E-state index contributed by atoms with van der Waals surface area (Å²) in [7, 11) is 3.03. The van der Waals surface area contributed by atoms with E-state index in [0.717, 1.165) is 4.90 Å². The average Bonchev–Trinajstić information content (AvgIpc) is 2.67. The van der Waals surface area contributed by atoms with Gasteiger partial charge >= 0.3 is 5.97 Å². The first-order valence-corrected chi connectivity index (χ1v) is 9.43. The Kier molecular flexibility index (Phi) is 8.00. The number of carboxylic acids is 1. The van der Waals surface area contributed by atoms with Gasteiger partial charge in [0.2, 0.25) is 5.91 Å². The van der Waals surface area contributed by atoms with E-state index in [-0.39, 0.29) is 12.3 Å². The Morgan fingerprint density at radius 2 is 1.78 bits per heavy atom. The van der Waals surface area contributed by atoms with E-state index in [9.17, 15) is 14.7 Å². The van der Waals surface area contributed by atoms with Crippen molar-refractivity contribution in [3.63, 3.8) is 0 Å². The summed E-state index contributed by atoms with van der Waals surface area (Å²) < 4.78 is 10.5. The minimum Gasteiger partial charge on any atom is -0.493 e. The van der Waals surface area contributed by atoms with Gasteiger partial charge in [-0.2, -0.15) is 0 Å². The molecule has 2 N–H and O–H groups in total. The fraction of sp³-hybridized carbons (Fsp3) is 0.300. The van der Waals surface area contributed by atoms with E-state index in [4.69, 9.17) is 9.47 Å².